The number of halogens is 2. The molecular weight excluding hydrogens is 497 g/mol. The normalized spacial score (nSPS) is 10.8. The number of nitrogens with zero attached hydrogens (tertiary/aromatic N) is 4. The monoisotopic (exact) mass is 523 g/mol. The SMILES string of the molecule is O=C(CCCCCn1cc(Nc2cc(-c3cccc(NCc4cccc(F)c4)n3)c(Cl)cn2)cn1)NO. The van der Waals surface area contributed by atoms with E-state index >= 15 is 0 Å². The molecule has 0 radical (unpaired) electrons. The van der Waals surface area contributed by atoms with Gasteiger partial charge in [0.15, 0.2) is 0 Å². The van der Waals surface area contributed by atoms with Crippen molar-refractivity contribution in [2.45, 2.75) is 38.8 Å². The van der Waals surface area contributed by atoms with Gasteiger partial charge in [-0.15, -0.1) is 0 Å². The van der Waals surface area contributed by atoms with Crippen LogP contribution in [0.3, 0.4) is 0 Å². The Bertz CT molecular complexity index is 1350. The summed E-state index contributed by atoms with van der Waals surface area (Å²) < 4.78 is 15.3. The van der Waals surface area contributed by atoms with Crippen LogP contribution in [0.2, 0.25) is 5.02 Å². The highest BCUT2D eigenvalue weighted by molar-refractivity contribution is 6.33. The first kappa shape index (κ1) is 26.1. The van der Waals surface area contributed by atoms with E-state index in [0.717, 1.165) is 24.1 Å². The van der Waals surface area contributed by atoms with E-state index in [0.29, 0.717) is 53.8 Å². The molecule has 0 aliphatic heterocycles. The predicted molar refractivity (Wildman–Crippen MR) is 140 cm³/mol. The minimum Gasteiger partial charge on any atom is -0.366 e. The molecule has 0 bridgehead atoms. The fraction of sp³-hybridized carbons (Fsp3) is 0.231. The molecule has 11 heteroatoms. The van der Waals surface area contributed by atoms with Gasteiger partial charge in [-0.1, -0.05) is 36.2 Å². The number of aromatic nitrogens is 4. The highest BCUT2D eigenvalue weighted by atomic mass is 35.5. The Morgan fingerprint density at radius 1 is 1.05 bits per heavy atom. The van der Waals surface area contributed by atoms with Gasteiger partial charge in [0.25, 0.3) is 0 Å². The first-order valence-electron chi connectivity index (χ1n) is 11.8. The van der Waals surface area contributed by atoms with Crippen molar-refractivity contribution < 1.29 is 14.4 Å². The number of nitrogens with one attached hydrogen (secondary N) is 3. The topological polar surface area (TPSA) is 117 Å². The van der Waals surface area contributed by atoms with Crippen molar-refractivity contribution in [3.05, 3.63) is 83.5 Å². The maximum atomic E-state index is 13.4. The van der Waals surface area contributed by atoms with Gasteiger partial charge in [-0.3, -0.25) is 14.7 Å². The molecule has 1 amide bonds. The van der Waals surface area contributed by atoms with Gasteiger partial charge in [0.05, 0.1) is 22.6 Å². The Kier molecular flexibility index (Phi) is 9.01. The lowest BCUT2D eigenvalue weighted by molar-refractivity contribution is -0.129. The highest BCUT2D eigenvalue weighted by Gasteiger charge is 2.10. The second-order valence-corrected chi connectivity index (χ2v) is 8.81. The third-order valence-corrected chi connectivity index (χ3v) is 5.87. The minimum atomic E-state index is -0.373. The Morgan fingerprint density at radius 3 is 2.76 bits per heavy atom. The summed E-state index contributed by atoms with van der Waals surface area (Å²) in [5, 5.41) is 19.8. The quantitative estimate of drug-likeness (QED) is 0.109. The number of amides is 1. The van der Waals surface area contributed by atoms with E-state index < -0.39 is 0 Å². The molecule has 0 unspecified atom stereocenters. The molecule has 1 aromatic carbocycles. The Balaban J connectivity index is 1.37. The van der Waals surface area contributed by atoms with E-state index in [-0.39, 0.29) is 11.7 Å². The average Bonchev–Trinajstić information content (AvgIpc) is 3.35. The van der Waals surface area contributed by atoms with Gasteiger partial charge in [-0.2, -0.15) is 5.10 Å². The number of anilines is 3. The Labute approximate surface area is 218 Å². The number of hydroxylamine groups is 1. The third-order valence-electron chi connectivity index (χ3n) is 5.56. The van der Waals surface area contributed by atoms with Gasteiger partial charge in [0.1, 0.15) is 17.5 Å². The standard InChI is InChI=1S/C26H27ClFN7O2/c27-22-16-30-25(32-20-15-31-35(17-20)11-3-1-2-10-26(36)34-37)13-21(22)23-8-5-9-24(33-23)29-14-18-6-4-7-19(28)12-18/h4-9,12-13,15-17,37H,1-3,10-11,14H2,(H,29,33)(H,30,32)(H,34,36). The van der Waals surface area contributed by atoms with Crippen LogP contribution in [-0.2, 0) is 17.9 Å². The molecule has 0 atom stereocenters. The van der Waals surface area contributed by atoms with Crippen LogP contribution < -0.4 is 16.1 Å². The molecule has 0 fully saturated rings. The molecule has 4 aromatic rings. The Hall–Kier alpha value is -4.02. The highest BCUT2D eigenvalue weighted by Crippen LogP contribution is 2.29. The van der Waals surface area contributed by atoms with Crippen molar-refractivity contribution in [1.82, 2.24) is 25.2 Å². The van der Waals surface area contributed by atoms with Crippen LogP contribution in [-0.4, -0.2) is 30.9 Å². The van der Waals surface area contributed by atoms with Gasteiger partial charge in [0, 0.05) is 37.5 Å². The lowest BCUT2D eigenvalue weighted by Crippen LogP contribution is -2.17. The smallest absolute Gasteiger partial charge is 0.243 e. The fourth-order valence-corrected chi connectivity index (χ4v) is 3.92. The van der Waals surface area contributed by atoms with Crippen molar-refractivity contribution in [2.24, 2.45) is 0 Å². The summed E-state index contributed by atoms with van der Waals surface area (Å²) in [6.07, 6.45) is 7.87. The molecule has 0 aliphatic rings. The van der Waals surface area contributed by atoms with Crippen molar-refractivity contribution >= 4 is 34.8 Å². The zero-order chi connectivity index (χ0) is 26.0. The fourth-order valence-electron chi connectivity index (χ4n) is 3.72. The molecule has 4 N–H and O–H groups in total. The van der Waals surface area contributed by atoms with Crippen LogP contribution in [0.25, 0.3) is 11.3 Å². The zero-order valence-electron chi connectivity index (χ0n) is 20.0. The maximum absolute atomic E-state index is 13.4. The first-order chi connectivity index (χ1) is 18.0. The number of carbonyl (C=O) groups excluding carboxylic acids is 1. The van der Waals surface area contributed by atoms with Gasteiger partial charge in [0.2, 0.25) is 5.91 Å². The van der Waals surface area contributed by atoms with E-state index in [1.165, 1.54) is 12.1 Å². The van der Waals surface area contributed by atoms with Gasteiger partial charge >= 0.3 is 0 Å². The van der Waals surface area contributed by atoms with Crippen LogP contribution in [0.5, 0.6) is 0 Å². The summed E-state index contributed by atoms with van der Waals surface area (Å²) >= 11 is 6.44. The molecule has 0 saturated heterocycles. The Morgan fingerprint density at radius 2 is 1.92 bits per heavy atom. The summed E-state index contributed by atoms with van der Waals surface area (Å²) in [6.45, 7) is 1.15. The number of pyridine rings is 2. The molecule has 3 aromatic heterocycles. The van der Waals surface area contributed by atoms with Crippen molar-refractivity contribution in [2.75, 3.05) is 10.6 Å². The number of rotatable bonds is 12. The van der Waals surface area contributed by atoms with Gasteiger partial charge < -0.3 is 10.6 Å². The number of hydrogen-bond acceptors (Lipinski definition) is 7. The van der Waals surface area contributed by atoms with E-state index in [2.05, 4.69) is 25.7 Å². The zero-order valence-corrected chi connectivity index (χ0v) is 20.7. The number of benzene rings is 1. The largest absolute Gasteiger partial charge is 0.366 e. The summed E-state index contributed by atoms with van der Waals surface area (Å²) in [6, 6.07) is 13.8. The molecule has 0 spiro atoms. The molecule has 37 heavy (non-hydrogen) atoms. The van der Waals surface area contributed by atoms with E-state index in [1.54, 1.807) is 23.9 Å². The van der Waals surface area contributed by atoms with Crippen molar-refractivity contribution in [3.63, 3.8) is 0 Å². The van der Waals surface area contributed by atoms with E-state index in [4.69, 9.17) is 16.8 Å². The first-order valence-corrected chi connectivity index (χ1v) is 12.2. The summed E-state index contributed by atoms with van der Waals surface area (Å²) in [4.78, 5) is 20.1. The third kappa shape index (κ3) is 7.73. The predicted octanol–water partition coefficient (Wildman–Crippen LogP) is 5.55. The van der Waals surface area contributed by atoms with Crippen molar-refractivity contribution in [3.8, 4) is 11.3 Å². The summed E-state index contributed by atoms with van der Waals surface area (Å²) in [5.41, 5.74) is 4.62. The molecular formula is C26H27ClFN7O2. The van der Waals surface area contributed by atoms with Crippen LogP contribution in [0.1, 0.15) is 31.2 Å². The molecule has 0 aliphatic carbocycles. The van der Waals surface area contributed by atoms with Crippen molar-refractivity contribution in [1.29, 1.82) is 0 Å². The van der Waals surface area contributed by atoms with E-state index in [9.17, 15) is 9.18 Å². The van der Waals surface area contributed by atoms with Crippen LogP contribution in [0, 0.1) is 5.82 Å². The molecule has 0 saturated carbocycles. The molecule has 4 rings (SSSR count). The van der Waals surface area contributed by atoms with Crippen LogP contribution in [0.15, 0.2) is 67.1 Å². The van der Waals surface area contributed by atoms with Crippen LogP contribution in [0.4, 0.5) is 21.7 Å². The maximum Gasteiger partial charge on any atom is 0.243 e. The lowest BCUT2D eigenvalue weighted by atomic mass is 10.1. The number of aryl methyl sites for hydroxylation is 1. The number of unbranched alkanes of at least 4 members (excludes halogenated alkanes) is 2. The van der Waals surface area contributed by atoms with E-state index in [1.807, 2.05) is 41.2 Å². The number of carbonyl (C=O) groups is 1. The second-order valence-electron chi connectivity index (χ2n) is 8.40. The second kappa shape index (κ2) is 12.8. The molecule has 3 heterocycles. The van der Waals surface area contributed by atoms with Gasteiger partial charge in [-0.25, -0.2) is 19.8 Å². The van der Waals surface area contributed by atoms with Gasteiger partial charge in [-0.05, 0) is 48.7 Å². The van der Waals surface area contributed by atoms with Crippen LogP contribution >= 0.6 is 11.6 Å². The summed E-state index contributed by atoms with van der Waals surface area (Å²) in [5.74, 6) is 0.582. The molecule has 9 nitrogen and oxygen atoms in total. The minimum absolute atomic E-state index is 0.278. The number of hydrogen-bond donors (Lipinski definition) is 4. The summed E-state index contributed by atoms with van der Waals surface area (Å²) in [7, 11) is 0. The molecule has 192 valence electrons. The average molecular weight is 524 g/mol. The lowest BCUT2D eigenvalue weighted by Gasteiger charge is -2.10.